The van der Waals surface area contributed by atoms with Gasteiger partial charge in [0.25, 0.3) is 0 Å². The molecule has 7 nitrogen and oxygen atoms in total. The smallest absolute Gasteiger partial charge is 0.336 e. The predicted octanol–water partition coefficient (Wildman–Crippen LogP) is 2.06. The highest BCUT2D eigenvalue weighted by Gasteiger charge is 2.43. The van der Waals surface area contributed by atoms with Gasteiger partial charge >= 0.3 is 17.9 Å². The van der Waals surface area contributed by atoms with Crippen LogP contribution in [0.4, 0.5) is 0 Å². The van der Waals surface area contributed by atoms with E-state index >= 15 is 0 Å². The molecule has 0 amide bonds. The van der Waals surface area contributed by atoms with E-state index in [0.717, 1.165) is 0 Å². The number of ether oxygens (including phenoxy) is 1. The molecule has 0 aromatic carbocycles. The second-order valence-electron chi connectivity index (χ2n) is 7.20. The first kappa shape index (κ1) is 21.4. The van der Waals surface area contributed by atoms with Crippen molar-refractivity contribution < 1.29 is 34.4 Å². The SMILES string of the molecule is CC(C)CC(C)(CC(C)C)OC(=O)CC(O)(CC(=O)O)C(=O)O. The zero-order chi connectivity index (χ0) is 18.4. The zero-order valence-electron chi connectivity index (χ0n) is 14.5. The van der Waals surface area contributed by atoms with Gasteiger partial charge in [0, 0.05) is 0 Å². The van der Waals surface area contributed by atoms with Crippen molar-refractivity contribution in [3.63, 3.8) is 0 Å². The Morgan fingerprint density at radius 2 is 1.39 bits per heavy atom. The summed E-state index contributed by atoms with van der Waals surface area (Å²) in [5, 5.41) is 27.6. The maximum atomic E-state index is 12.1. The van der Waals surface area contributed by atoms with Gasteiger partial charge in [-0.25, -0.2) is 4.79 Å². The molecular weight excluding hydrogens is 304 g/mol. The molecule has 3 N–H and O–H groups in total. The van der Waals surface area contributed by atoms with Crippen LogP contribution in [0.25, 0.3) is 0 Å². The molecule has 0 saturated heterocycles. The van der Waals surface area contributed by atoms with Crippen LogP contribution in [0.2, 0.25) is 0 Å². The van der Waals surface area contributed by atoms with Crippen molar-refractivity contribution >= 4 is 17.9 Å². The van der Waals surface area contributed by atoms with Crippen LogP contribution in [0.3, 0.4) is 0 Å². The van der Waals surface area contributed by atoms with Gasteiger partial charge in [0.15, 0.2) is 5.60 Å². The molecule has 0 heterocycles. The largest absolute Gasteiger partial charge is 0.481 e. The molecule has 1 atom stereocenters. The maximum Gasteiger partial charge on any atom is 0.336 e. The molecule has 0 radical (unpaired) electrons. The molecule has 23 heavy (non-hydrogen) atoms. The summed E-state index contributed by atoms with van der Waals surface area (Å²) >= 11 is 0. The van der Waals surface area contributed by atoms with Crippen LogP contribution in [0.15, 0.2) is 0 Å². The van der Waals surface area contributed by atoms with Gasteiger partial charge in [-0.15, -0.1) is 0 Å². The lowest BCUT2D eigenvalue weighted by molar-refractivity contribution is -0.178. The van der Waals surface area contributed by atoms with Crippen LogP contribution in [-0.2, 0) is 19.1 Å². The predicted molar refractivity (Wildman–Crippen MR) is 82.9 cm³/mol. The summed E-state index contributed by atoms with van der Waals surface area (Å²) in [7, 11) is 0. The van der Waals surface area contributed by atoms with E-state index in [1.807, 2.05) is 27.7 Å². The number of hydrogen-bond acceptors (Lipinski definition) is 5. The molecule has 0 rings (SSSR count). The molecule has 134 valence electrons. The Hall–Kier alpha value is -1.63. The third kappa shape index (κ3) is 7.97. The summed E-state index contributed by atoms with van der Waals surface area (Å²) in [4.78, 5) is 33.9. The zero-order valence-corrected chi connectivity index (χ0v) is 14.5. The van der Waals surface area contributed by atoms with Gasteiger partial charge in [-0.05, 0) is 31.6 Å². The van der Waals surface area contributed by atoms with E-state index in [1.54, 1.807) is 6.92 Å². The van der Waals surface area contributed by atoms with E-state index in [-0.39, 0.29) is 11.8 Å². The fourth-order valence-corrected chi connectivity index (χ4v) is 2.91. The van der Waals surface area contributed by atoms with Gasteiger partial charge in [-0.2, -0.15) is 0 Å². The van der Waals surface area contributed by atoms with Crippen LogP contribution in [-0.4, -0.2) is 44.4 Å². The first-order valence-corrected chi connectivity index (χ1v) is 7.69. The minimum Gasteiger partial charge on any atom is -0.481 e. The van der Waals surface area contributed by atoms with Crippen molar-refractivity contribution in [3.05, 3.63) is 0 Å². The average Bonchev–Trinajstić information content (AvgIpc) is 2.22. The summed E-state index contributed by atoms with van der Waals surface area (Å²) in [6.45, 7) is 9.67. The van der Waals surface area contributed by atoms with Crippen LogP contribution >= 0.6 is 0 Å². The summed E-state index contributed by atoms with van der Waals surface area (Å²) in [5.41, 5.74) is -3.46. The lowest BCUT2D eigenvalue weighted by atomic mass is 9.86. The third-order valence-electron chi connectivity index (χ3n) is 3.32. The van der Waals surface area contributed by atoms with Gasteiger partial charge in [-0.1, -0.05) is 27.7 Å². The van der Waals surface area contributed by atoms with Crippen LogP contribution in [0, 0.1) is 11.8 Å². The van der Waals surface area contributed by atoms with E-state index in [2.05, 4.69) is 0 Å². The number of hydrogen-bond donors (Lipinski definition) is 3. The van der Waals surface area contributed by atoms with Gasteiger partial charge in [0.1, 0.15) is 5.60 Å². The highest BCUT2D eigenvalue weighted by Crippen LogP contribution is 2.30. The number of carbonyl (C=O) groups is 3. The molecule has 0 aromatic rings. The fourth-order valence-electron chi connectivity index (χ4n) is 2.91. The Kier molecular flexibility index (Phi) is 7.70. The van der Waals surface area contributed by atoms with Gasteiger partial charge in [0.2, 0.25) is 0 Å². The second kappa shape index (κ2) is 8.29. The van der Waals surface area contributed by atoms with Crippen LogP contribution in [0.5, 0.6) is 0 Å². The van der Waals surface area contributed by atoms with E-state index in [0.29, 0.717) is 12.8 Å². The molecule has 0 aromatic heterocycles. The average molecular weight is 332 g/mol. The van der Waals surface area contributed by atoms with E-state index < -0.39 is 42.0 Å². The standard InChI is InChI=1S/C16H28O7/c1-10(2)6-15(5,7-11(3)4)23-13(19)9-16(22,14(20)21)8-12(17)18/h10-11,22H,6-9H2,1-5H3,(H,17,18)(H,20,21). The molecule has 0 fully saturated rings. The topological polar surface area (TPSA) is 121 Å². The number of carboxylic acids is 2. The Balaban J connectivity index is 5.11. The first-order valence-electron chi connectivity index (χ1n) is 7.69. The van der Waals surface area contributed by atoms with Crippen LogP contribution < -0.4 is 0 Å². The molecule has 0 aliphatic carbocycles. The quantitative estimate of drug-likeness (QED) is 0.523. The van der Waals surface area contributed by atoms with Crippen molar-refractivity contribution in [1.29, 1.82) is 0 Å². The van der Waals surface area contributed by atoms with Crippen molar-refractivity contribution in [3.8, 4) is 0 Å². The normalized spacial score (nSPS) is 14.6. The van der Waals surface area contributed by atoms with Crippen LogP contribution in [0.1, 0.15) is 60.3 Å². The van der Waals surface area contributed by atoms with Crippen molar-refractivity contribution in [2.24, 2.45) is 11.8 Å². The Bertz CT molecular complexity index is 432. The van der Waals surface area contributed by atoms with E-state index in [1.165, 1.54) is 0 Å². The molecule has 0 aliphatic rings. The summed E-state index contributed by atoms with van der Waals surface area (Å²) in [5.74, 6) is -3.67. The Morgan fingerprint density at radius 3 is 1.70 bits per heavy atom. The monoisotopic (exact) mass is 332 g/mol. The molecule has 1 unspecified atom stereocenters. The number of carbonyl (C=O) groups excluding carboxylic acids is 1. The number of rotatable bonds is 10. The van der Waals surface area contributed by atoms with E-state index in [4.69, 9.17) is 14.9 Å². The van der Waals surface area contributed by atoms with Crippen molar-refractivity contribution in [1.82, 2.24) is 0 Å². The fraction of sp³-hybridized carbons (Fsp3) is 0.812. The first-order chi connectivity index (χ1) is 10.3. The minimum absolute atomic E-state index is 0.254. The molecular formula is C16H28O7. The summed E-state index contributed by atoms with van der Waals surface area (Å²) < 4.78 is 5.43. The van der Waals surface area contributed by atoms with Gasteiger partial charge < -0.3 is 20.1 Å². The molecule has 0 spiro atoms. The number of aliphatic carboxylic acids is 2. The Morgan fingerprint density at radius 1 is 0.957 bits per heavy atom. The lowest BCUT2D eigenvalue weighted by Gasteiger charge is -2.34. The number of esters is 1. The minimum atomic E-state index is -2.67. The summed E-state index contributed by atoms with van der Waals surface area (Å²) in [6, 6.07) is 0. The van der Waals surface area contributed by atoms with Gasteiger partial charge in [0.05, 0.1) is 12.8 Å². The van der Waals surface area contributed by atoms with E-state index in [9.17, 15) is 19.5 Å². The van der Waals surface area contributed by atoms with Crippen molar-refractivity contribution in [2.45, 2.75) is 71.5 Å². The molecule has 7 heteroatoms. The highest BCUT2D eigenvalue weighted by molar-refractivity contribution is 5.88. The molecule has 0 saturated carbocycles. The number of carboxylic acid groups (broad SMARTS) is 2. The molecule has 0 bridgehead atoms. The van der Waals surface area contributed by atoms with Crippen molar-refractivity contribution in [2.75, 3.05) is 0 Å². The summed E-state index contributed by atoms with van der Waals surface area (Å²) in [6.07, 6.45) is -0.800. The third-order valence-corrected chi connectivity index (χ3v) is 3.32. The molecule has 0 aliphatic heterocycles. The maximum absolute atomic E-state index is 12.1. The lowest BCUT2D eigenvalue weighted by Crippen LogP contribution is -2.45. The van der Waals surface area contributed by atoms with Gasteiger partial charge in [-0.3, -0.25) is 9.59 Å². The highest BCUT2D eigenvalue weighted by atomic mass is 16.6. The Labute approximate surface area is 136 Å². The number of aliphatic hydroxyl groups is 1. The second-order valence-corrected chi connectivity index (χ2v) is 7.20.